The van der Waals surface area contributed by atoms with E-state index in [1.165, 1.54) is 19.2 Å². The van der Waals surface area contributed by atoms with Crippen molar-refractivity contribution in [2.45, 2.75) is 20.8 Å². The fourth-order valence-corrected chi connectivity index (χ4v) is 2.55. The van der Waals surface area contributed by atoms with Crippen LogP contribution in [0, 0.1) is 5.92 Å². The van der Waals surface area contributed by atoms with E-state index in [2.05, 4.69) is 0 Å². The summed E-state index contributed by atoms with van der Waals surface area (Å²) in [6.45, 7) is 6.32. The van der Waals surface area contributed by atoms with Crippen LogP contribution in [0.25, 0.3) is 6.08 Å². The van der Waals surface area contributed by atoms with Gasteiger partial charge >= 0.3 is 5.97 Å². The molecule has 1 aliphatic heterocycles. The minimum Gasteiger partial charge on any atom is -0.508 e. The zero-order chi connectivity index (χ0) is 17.1. The number of methoxy groups -OCH3 is 1. The van der Waals surface area contributed by atoms with Crippen LogP contribution in [-0.2, 0) is 14.3 Å². The van der Waals surface area contributed by atoms with Crippen LogP contribution in [0.2, 0.25) is 0 Å². The quantitative estimate of drug-likeness (QED) is 0.685. The largest absolute Gasteiger partial charge is 0.508 e. The molecular formula is C18H21NO4. The molecule has 2 rings (SSSR count). The molecule has 1 aliphatic rings. The molecule has 1 aromatic carbocycles. The first-order valence-corrected chi connectivity index (χ1v) is 7.47. The monoisotopic (exact) mass is 315 g/mol. The maximum Gasteiger partial charge on any atom is 0.340 e. The highest BCUT2D eigenvalue weighted by Gasteiger charge is 2.36. The van der Waals surface area contributed by atoms with Gasteiger partial charge in [-0.3, -0.25) is 4.79 Å². The van der Waals surface area contributed by atoms with Crippen LogP contribution in [0.5, 0.6) is 5.75 Å². The van der Waals surface area contributed by atoms with Gasteiger partial charge in [0.05, 0.1) is 18.3 Å². The molecule has 1 amide bonds. The van der Waals surface area contributed by atoms with E-state index in [0.29, 0.717) is 23.4 Å². The summed E-state index contributed by atoms with van der Waals surface area (Å²) in [6.07, 6.45) is 1.65. The fraction of sp³-hybridized carbons (Fsp3) is 0.333. The Morgan fingerprint density at radius 1 is 1.30 bits per heavy atom. The van der Waals surface area contributed by atoms with E-state index in [9.17, 15) is 14.7 Å². The maximum atomic E-state index is 12.7. The Morgan fingerprint density at radius 2 is 1.91 bits per heavy atom. The molecule has 0 atom stereocenters. The van der Waals surface area contributed by atoms with Crippen molar-refractivity contribution in [3.8, 4) is 5.75 Å². The Labute approximate surface area is 135 Å². The summed E-state index contributed by atoms with van der Waals surface area (Å²) in [5.74, 6) is -0.302. The molecule has 0 aromatic heterocycles. The molecule has 0 saturated heterocycles. The van der Waals surface area contributed by atoms with Gasteiger partial charge in [-0.2, -0.15) is 0 Å². The molecule has 0 saturated carbocycles. The fourth-order valence-electron chi connectivity index (χ4n) is 2.55. The maximum absolute atomic E-state index is 12.7. The van der Waals surface area contributed by atoms with Crippen LogP contribution < -0.4 is 0 Å². The van der Waals surface area contributed by atoms with Gasteiger partial charge in [0, 0.05) is 12.2 Å². The normalized spacial score (nSPS) is 16.7. The number of phenolic OH excluding ortho intramolecular Hbond substituents is 1. The Bertz CT molecular complexity index is 683. The number of phenols is 1. The second-order valence-corrected chi connectivity index (χ2v) is 5.91. The van der Waals surface area contributed by atoms with Gasteiger partial charge in [0.1, 0.15) is 5.75 Å². The molecule has 0 bridgehead atoms. The lowest BCUT2D eigenvalue weighted by molar-refractivity contribution is -0.136. The zero-order valence-corrected chi connectivity index (χ0v) is 13.8. The van der Waals surface area contributed by atoms with Gasteiger partial charge in [0.2, 0.25) is 0 Å². The van der Waals surface area contributed by atoms with Gasteiger partial charge < -0.3 is 14.7 Å². The van der Waals surface area contributed by atoms with Crippen LogP contribution >= 0.6 is 0 Å². The number of amides is 1. The highest BCUT2D eigenvalue weighted by molar-refractivity contribution is 6.16. The number of allylic oxidation sites excluding steroid dienone is 1. The molecule has 0 aliphatic carbocycles. The Kier molecular flexibility index (Phi) is 4.89. The topological polar surface area (TPSA) is 66.8 Å². The standard InChI is InChI=1S/C18H21NO4/c1-11(2)10-19-12(3)16(18(22)23-4)15(17(19)21)9-13-5-7-14(20)8-6-13/h5-9,11,20H,10H2,1-4H3. The molecule has 0 spiro atoms. The molecule has 1 aromatic rings. The third kappa shape index (κ3) is 3.44. The second kappa shape index (κ2) is 6.69. The van der Waals surface area contributed by atoms with Crippen molar-refractivity contribution < 1.29 is 19.4 Å². The molecule has 1 heterocycles. The van der Waals surface area contributed by atoms with Gasteiger partial charge in [-0.15, -0.1) is 0 Å². The molecule has 5 heteroatoms. The molecule has 122 valence electrons. The van der Waals surface area contributed by atoms with E-state index in [1.807, 2.05) is 13.8 Å². The molecule has 0 radical (unpaired) electrons. The lowest BCUT2D eigenvalue weighted by atomic mass is 10.0. The van der Waals surface area contributed by atoms with Crippen molar-refractivity contribution in [1.82, 2.24) is 4.90 Å². The van der Waals surface area contributed by atoms with Crippen molar-refractivity contribution in [2.24, 2.45) is 5.92 Å². The van der Waals surface area contributed by atoms with Crippen LogP contribution in [0.1, 0.15) is 26.3 Å². The third-order valence-electron chi connectivity index (χ3n) is 3.65. The van der Waals surface area contributed by atoms with Crippen LogP contribution in [0.15, 0.2) is 41.1 Å². The van der Waals surface area contributed by atoms with E-state index >= 15 is 0 Å². The van der Waals surface area contributed by atoms with Crippen LogP contribution in [0.3, 0.4) is 0 Å². The van der Waals surface area contributed by atoms with Gasteiger partial charge in [-0.05, 0) is 36.6 Å². The van der Waals surface area contributed by atoms with E-state index < -0.39 is 5.97 Å². The Hall–Kier alpha value is -2.56. The van der Waals surface area contributed by atoms with Crippen molar-refractivity contribution in [1.29, 1.82) is 0 Å². The number of ether oxygens (including phenoxy) is 1. The van der Waals surface area contributed by atoms with Crippen molar-refractivity contribution in [2.75, 3.05) is 13.7 Å². The third-order valence-corrected chi connectivity index (χ3v) is 3.65. The summed E-state index contributed by atoms with van der Waals surface area (Å²) in [7, 11) is 1.30. The first-order valence-electron chi connectivity index (χ1n) is 7.47. The number of nitrogens with zero attached hydrogens (tertiary/aromatic N) is 1. The zero-order valence-electron chi connectivity index (χ0n) is 13.8. The first-order chi connectivity index (χ1) is 10.8. The highest BCUT2D eigenvalue weighted by atomic mass is 16.5. The number of hydrogen-bond donors (Lipinski definition) is 1. The van der Waals surface area contributed by atoms with E-state index in [-0.39, 0.29) is 17.6 Å². The van der Waals surface area contributed by atoms with Gasteiger partial charge in [0.25, 0.3) is 5.91 Å². The molecule has 23 heavy (non-hydrogen) atoms. The number of carbonyl (C=O) groups excluding carboxylic acids is 2. The summed E-state index contributed by atoms with van der Waals surface area (Å²) in [6, 6.07) is 6.44. The molecule has 5 nitrogen and oxygen atoms in total. The highest BCUT2D eigenvalue weighted by Crippen LogP contribution is 2.32. The van der Waals surface area contributed by atoms with Crippen molar-refractivity contribution in [3.63, 3.8) is 0 Å². The average Bonchev–Trinajstić information content (AvgIpc) is 2.73. The lowest BCUT2D eigenvalue weighted by Crippen LogP contribution is -2.28. The minimum atomic E-state index is -0.521. The predicted octanol–water partition coefficient (Wildman–Crippen LogP) is 2.72. The summed E-state index contributed by atoms with van der Waals surface area (Å²) in [4.78, 5) is 26.4. The van der Waals surface area contributed by atoms with Crippen molar-refractivity contribution >= 4 is 18.0 Å². The van der Waals surface area contributed by atoms with Gasteiger partial charge in [0.15, 0.2) is 0 Å². The summed E-state index contributed by atoms with van der Waals surface area (Å²) in [5.41, 5.74) is 1.96. The molecule has 0 fully saturated rings. The molecular weight excluding hydrogens is 294 g/mol. The smallest absolute Gasteiger partial charge is 0.340 e. The average molecular weight is 315 g/mol. The number of esters is 1. The number of benzene rings is 1. The number of aromatic hydroxyl groups is 1. The lowest BCUT2D eigenvalue weighted by Gasteiger charge is -2.19. The van der Waals surface area contributed by atoms with Gasteiger partial charge in [-0.25, -0.2) is 4.79 Å². The summed E-state index contributed by atoms with van der Waals surface area (Å²) < 4.78 is 4.84. The number of hydrogen-bond acceptors (Lipinski definition) is 4. The summed E-state index contributed by atoms with van der Waals surface area (Å²) in [5, 5.41) is 9.35. The SMILES string of the molecule is COC(=O)C1=C(C)N(CC(C)C)C(=O)C1=Cc1ccc(O)cc1. The Balaban J connectivity index is 2.49. The minimum absolute atomic E-state index is 0.145. The number of rotatable bonds is 4. The van der Waals surface area contributed by atoms with E-state index in [4.69, 9.17) is 4.74 Å². The van der Waals surface area contributed by atoms with Crippen LogP contribution in [-0.4, -0.2) is 35.5 Å². The van der Waals surface area contributed by atoms with Crippen molar-refractivity contribution in [3.05, 3.63) is 46.7 Å². The van der Waals surface area contributed by atoms with E-state index in [1.54, 1.807) is 30.0 Å². The van der Waals surface area contributed by atoms with E-state index in [0.717, 1.165) is 5.56 Å². The van der Waals surface area contributed by atoms with Crippen LogP contribution in [0.4, 0.5) is 0 Å². The molecule has 1 N–H and O–H groups in total. The summed E-state index contributed by atoms with van der Waals surface area (Å²) >= 11 is 0. The van der Waals surface area contributed by atoms with Gasteiger partial charge in [-0.1, -0.05) is 26.0 Å². The Morgan fingerprint density at radius 3 is 2.43 bits per heavy atom. The molecule has 0 unspecified atom stereocenters. The second-order valence-electron chi connectivity index (χ2n) is 5.91. The number of carbonyl (C=O) groups is 2. The first kappa shape index (κ1) is 16.8. The predicted molar refractivity (Wildman–Crippen MR) is 87.4 cm³/mol.